The van der Waals surface area contributed by atoms with E-state index in [1.54, 1.807) is 86.6 Å². The molecule has 23 heteroatoms. The third-order valence-electron chi connectivity index (χ3n) is 11.8. The minimum atomic E-state index is -1.41. The number of ether oxygens (including phenoxy) is 1. The third-order valence-corrected chi connectivity index (χ3v) is 12.1. The van der Waals surface area contributed by atoms with Crippen LogP contribution >= 0.6 is 12.6 Å². The Hall–Kier alpha value is -7.79. The maximum Gasteiger partial charge on any atom is 0.329 e. The fraction of sp³-hybridized carbons (Fsp3) is 0.423. The summed E-state index contributed by atoms with van der Waals surface area (Å²) in [4.78, 5) is 129. The topological polar surface area (TPSA) is 362 Å². The number of primary amides is 2. The van der Waals surface area contributed by atoms with Gasteiger partial charge in [-0.3, -0.25) is 38.4 Å². The van der Waals surface area contributed by atoms with Crippen molar-refractivity contribution in [3.05, 3.63) is 120 Å². The lowest BCUT2D eigenvalue weighted by Gasteiger charge is -2.29. The SMILES string of the molecule is CC(C)C[C@H](NC(=O)[C@H](Cc1ccccc1)NC(=O)[C@@H](NC(=O)[C@H](Cc1cnc[nH]1)NC(=O)[C@H](CCC(N)=O)NC(=O)[C@@H](N)Cc1ccc(O)cc1)C(C)C)C(=O)N[C@@H](Cc1ccccc1)C(=O)OC(CS)C(N)=O. The van der Waals surface area contributed by atoms with E-state index in [-0.39, 0.29) is 62.4 Å². The second-order valence-electron chi connectivity index (χ2n) is 18.8. The first kappa shape index (κ1) is 59.8. The fourth-order valence-electron chi connectivity index (χ4n) is 7.72. The summed E-state index contributed by atoms with van der Waals surface area (Å²) in [5, 5.41) is 25.7. The van der Waals surface area contributed by atoms with E-state index in [0.717, 1.165) is 0 Å². The number of esters is 1. The standard InChI is InChI=1S/C52H69N11O11S/c1-29(2)21-38(48(69)62-41(24-32-13-9-6-10-14-32)52(73)74-42(27-75)45(55)66)59-49(70)39(23-31-11-7-5-8-12-31)61-51(72)44(30(3)4)63-50(71)40(25-34-26-56-28-57-34)60-47(68)37(19-20-43(54)65)58-46(67)36(53)22-33-15-17-35(64)18-16-33/h5-18,26,28-30,36-42,44,64,75H,19-25,27,53H2,1-4H3,(H2,54,65)(H2,55,66)(H,56,57)(H,58,67)(H,59,70)(H,60,68)(H,61,72)(H,62,69)(H,63,71)/t36-,37-,38-,39-,40-,41-,42?,44-/m0/s1. The number of rotatable bonds is 30. The van der Waals surface area contributed by atoms with Gasteiger partial charge in [0.1, 0.15) is 42.0 Å². The molecule has 0 saturated heterocycles. The molecule has 0 bridgehead atoms. The van der Waals surface area contributed by atoms with Crippen molar-refractivity contribution in [2.45, 2.75) is 121 Å². The number of amides is 8. The Morgan fingerprint density at radius 1 is 0.613 bits per heavy atom. The van der Waals surface area contributed by atoms with Gasteiger partial charge in [0.05, 0.1) is 12.4 Å². The van der Waals surface area contributed by atoms with Crippen LogP contribution in [0.3, 0.4) is 0 Å². The second-order valence-corrected chi connectivity index (χ2v) is 19.2. The van der Waals surface area contributed by atoms with E-state index < -0.39 is 108 Å². The van der Waals surface area contributed by atoms with Crippen molar-refractivity contribution >= 4 is 65.9 Å². The lowest BCUT2D eigenvalue weighted by molar-refractivity contribution is -0.156. The summed E-state index contributed by atoms with van der Waals surface area (Å²) in [5.74, 6) is -8.43. The zero-order chi connectivity index (χ0) is 55.2. The number of carbonyl (C=O) groups excluding carboxylic acids is 9. The lowest BCUT2D eigenvalue weighted by Crippen LogP contribution is -2.61. The molecule has 8 atom stereocenters. The van der Waals surface area contributed by atoms with Gasteiger partial charge < -0.3 is 63.9 Å². The minimum absolute atomic E-state index is 0.0139. The van der Waals surface area contributed by atoms with Crippen LogP contribution in [-0.4, -0.2) is 122 Å². The summed E-state index contributed by atoms with van der Waals surface area (Å²) in [6, 6.07) is 14.2. The van der Waals surface area contributed by atoms with Crippen LogP contribution < -0.4 is 49.1 Å². The number of phenolic OH excluding ortho intramolecular Hbond substituents is 1. The van der Waals surface area contributed by atoms with Crippen LogP contribution in [-0.2, 0) is 73.6 Å². The van der Waals surface area contributed by atoms with Crippen LogP contribution in [0.1, 0.15) is 69.3 Å². The number of aromatic amines is 1. The Bertz CT molecular complexity index is 2540. The van der Waals surface area contributed by atoms with Crippen LogP contribution in [0.15, 0.2) is 97.5 Å². The molecule has 0 aliphatic carbocycles. The minimum Gasteiger partial charge on any atom is -0.508 e. The molecule has 0 fully saturated rings. The molecule has 8 amide bonds. The first-order valence-corrected chi connectivity index (χ1v) is 25.1. The number of hydrogen-bond acceptors (Lipinski definition) is 14. The van der Waals surface area contributed by atoms with Gasteiger partial charge in [0.25, 0.3) is 5.91 Å². The summed E-state index contributed by atoms with van der Waals surface area (Å²) in [6.45, 7) is 6.94. The van der Waals surface area contributed by atoms with Crippen molar-refractivity contribution in [2.24, 2.45) is 29.0 Å². The van der Waals surface area contributed by atoms with E-state index in [2.05, 4.69) is 54.5 Å². The number of benzene rings is 3. The normalized spacial score (nSPS) is 14.3. The number of carbonyl (C=O) groups is 9. The van der Waals surface area contributed by atoms with E-state index in [1.807, 2.05) is 13.8 Å². The van der Waals surface area contributed by atoms with Gasteiger partial charge >= 0.3 is 5.97 Å². The van der Waals surface area contributed by atoms with Crippen LogP contribution in [0.2, 0.25) is 0 Å². The molecule has 1 aromatic heterocycles. The number of H-pyrrole nitrogens is 1. The predicted molar refractivity (Wildman–Crippen MR) is 280 cm³/mol. The number of thiol groups is 1. The average molecular weight is 1060 g/mol. The van der Waals surface area contributed by atoms with Crippen LogP contribution in [0.5, 0.6) is 5.75 Å². The number of imidazole rings is 1. The van der Waals surface area contributed by atoms with Gasteiger partial charge in [0.2, 0.25) is 41.4 Å². The third kappa shape index (κ3) is 20.2. The molecule has 1 heterocycles. The predicted octanol–water partition coefficient (Wildman–Crippen LogP) is -0.0835. The van der Waals surface area contributed by atoms with Gasteiger partial charge in [-0.05, 0) is 59.9 Å². The Balaban J connectivity index is 1.58. The van der Waals surface area contributed by atoms with E-state index >= 15 is 0 Å². The molecule has 1 unspecified atom stereocenters. The molecule has 0 aliphatic rings. The molecule has 3 aromatic carbocycles. The molecule has 0 spiro atoms. The first-order valence-electron chi connectivity index (χ1n) is 24.4. The van der Waals surface area contributed by atoms with Crippen molar-refractivity contribution in [3.63, 3.8) is 0 Å². The molecule has 4 aromatic rings. The summed E-state index contributed by atoms with van der Waals surface area (Å²) in [5.41, 5.74) is 19.3. The number of aromatic nitrogens is 2. The van der Waals surface area contributed by atoms with E-state index in [0.29, 0.717) is 22.4 Å². The highest BCUT2D eigenvalue weighted by molar-refractivity contribution is 7.80. The summed E-state index contributed by atoms with van der Waals surface area (Å²) in [7, 11) is 0. The van der Waals surface area contributed by atoms with Crippen molar-refractivity contribution in [1.82, 2.24) is 41.9 Å². The van der Waals surface area contributed by atoms with Gasteiger partial charge in [0, 0.05) is 43.3 Å². The monoisotopic (exact) mass is 1060 g/mol. The van der Waals surface area contributed by atoms with Gasteiger partial charge in [-0.25, -0.2) is 9.78 Å². The average Bonchev–Trinajstić information content (AvgIpc) is 3.89. The number of nitrogens with zero attached hydrogens (tertiary/aromatic N) is 1. The van der Waals surface area contributed by atoms with Gasteiger partial charge in [-0.15, -0.1) is 0 Å². The molecule has 14 N–H and O–H groups in total. The Labute approximate surface area is 440 Å². The van der Waals surface area contributed by atoms with Crippen LogP contribution in [0.25, 0.3) is 0 Å². The maximum atomic E-state index is 14.5. The van der Waals surface area contributed by atoms with Crippen molar-refractivity contribution in [2.75, 3.05) is 5.75 Å². The highest BCUT2D eigenvalue weighted by atomic mass is 32.1. The zero-order valence-electron chi connectivity index (χ0n) is 42.3. The Morgan fingerprint density at radius 3 is 1.64 bits per heavy atom. The van der Waals surface area contributed by atoms with Crippen LogP contribution in [0, 0.1) is 11.8 Å². The Kier molecular flexibility index (Phi) is 23.7. The molecule has 22 nitrogen and oxygen atoms in total. The van der Waals surface area contributed by atoms with Crippen molar-refractivity contribution in [1.29, 1.82) is 0 Å². The number of aromatic hydroxyl groups is 1. The fourth-order valence-corrected chi connectivity index (χ4v) is 7.97. The van der Waals surface area contributed by atoms with Crippen LogP contribution in [0.4, 0.5) is 0 Å². The smallest absolute Gasteiger partial charge is 0.329 e. The summed E-state index contributed by atoms with van der Waals surface area (Å²) < 4.78 is 5.35. The lowest BCUT2D eigenvalue weighted by atomic mass is 9.98. The second kappa shape index (κ2) is 29.8. The van der Waals surface area contributed by atoms with Gasteiger partial charge in [-0.1, -0.05) is 100 Å². The Morgan fingerprint density at radius 2 is 1.11 bits per heavy atom. The van der Waals surface area contributed by atoms with Gasteiger partial charge in [-0.2, -0.15) is 12.6 Å². The quantitative estimate of drug-likeness (QED) is 0.0241. The molecule has 75 heavy (non-hydrogen) atoms. The molecule has 0 saturated carbocycles. The molecule has 0 radical (unpaired) electrons. The van der Waals surface area contributed by atoms with Crippen molar-refractivity contribution in [3.8, 4) is 5.75 Å². The highest BCUT2D eigenvalue weighted by Gasteiger charge is 2.36. The maximum absolute atomic E-state index is 14.5. The van der Waals surface area contributed by atoms with E-state index in [1.165, 1.54) is 24.7 Å². The summed E-state index contributed by atoms with van der Waals surface area (Å²) >= 11 is 4.06. The molecule has 4 rings (SSSR count). The molecular weight excluding hydrogens is 987 g/mol. The largest absolute Gasteiger partial charge is 0.508 e. The first-order chi connectivity index (χ1) is 35.6. The molecular formula is C52H69N11O11S. The van der Waals surface area contributed by atoms with E-state index in [9.17, 15) is 48.3 Å². The number of hydrogen-bond donors (Lipinski definition) is 12. The van der Waals surface area contributed by atoms with Crippen molar-refractivity contribution < 1.29 is 53.0 Å². The number of nitrogens with two attached hydrogens (primary N) is 3. The summed E-state index contributed by atoms with van der Waals surface area (Å²) in [6.07, 6.45) is 0.657. The highest BCUT2D eigenvalue weighted by Crippen LogP contribution is 2.15. The molecule has 404 valence electrons. The number of nitrogens with one attached hydrogen (secondary N) is 7. The van der Waals surface area contributed by atoms with E-state index in [4.69, 9.17) is 21.9 Å². The molecule has 0 aliphatic heterocycles. The number of phenols is 1. The zero-order valence-corrected chi connectivity index (χ0v) is 43.2. The van der Waals surface area contributed by atoms with Gasteiger partial charge in [0.15, 0.2) is 6.10 Å².